The molecule has 0 aliphatic heterocycles. The highest BCUT2D eigenvalue weighted by Gasteiger charge is 2.22. The van der Waals surface area contributed by atoms with Crippen LogP contribution in [0, 0.1) is 0 Å². The van der Waals surface area contributed by atoms with E-state index in [1.54, 1.807) is 0 Å². The highest BCUT2D eigenvalue weighted by atomic mass is 32.2. The monoisotopic (exact) mass is 424 g/mol. The summed E-state index contributed by atoms with van der Waals surface area (Å²) in [5, 5.41) is 12.5. The molecule has 0 spiro atoms. The predicted octanol–water partition coefficient (Wildman–Crippen LogP) is 4.08. The van der Waals surface area contributed by atoms with E-state index in [1.165, 1.54) is 18.2 Å². The molecule has 0 fully saturated rings. The van der Waals surface area contributed by atoms with Gasteiger partial charge in [0.25, 0.3) is 0 Å². The number of carboxylic acids is 1. The van der Waals surface area contributed by atoms with Crippen LogP contribution in [0.25, 0.3) is 0 Å². The fourth-order valence-electron chi connectivity index (χ4n) is 3.11. The summed E-state index contributed by atoms with van der Waals surface area (Å²) in [6.45, 7) is 2.12. The van der Waals surface area contributed by atoms with Gasteiger partial charge in [0.05, 0.1) is 11.3 Å². The van der Waals surface area contributed by atoms with Crippen LogP contribution in [-0.2, 0) is 16.4 Å². The Morgan fingerprint density at radius 2 is 1.60 bits per heavy atom. The van der Waals surface area contributed by atoms with Crippen molar-refractivity contribution < 1.29 is 18.3 Å². The van der Waals surface area contributed by atoms with Gasteiger partial charge in [-0.2, -0.15) is 0 Å². The molecule has 156 valence electrons. The maximum atomic E-state index is 13.0. The Bertz CT molecular complexity index is 1100. The summed E-state index contributed by atoms with van der Waals surface area (Å²) in [5.41, 5.74) is 2.26. The molecule has 0 bridgehead atoms. The zero-order valence-corrected chi connectivity index (χ0v) is 17.4. The molecule has 0 saturated carbocycles. The van der Waals surface area contributed by atoms with Crippen molar-refractivity contribution in [3.63, 3.8) is 0 Å². The Balaban J connectivity index is 1.84. The van der Waals surface area contributed by atoms with Crippen molar-refractivity contribution in [2.75, 3.05) is 11.9 Å². The Hall–Kier alpha value is -3.16. The Kier molecular flexibility index (Phi) is 6.87. The highest BCUT2D eigenvalue weighted by Crippen LogP contribution is 2.27. The number of aromatic carboxylic acids is 1. The summed E-state index contributed by atoms with van der Waals surface area (Å²) in [4.78, 5) is 11.3. The first-order valence-corrected chi connectivity index (χ1v) is 11.1. The summed E-state index contributed by atoms with van der Waals surface area (Å²) in [6, 6.07) is 23.1. The van der Waals surface area contributed by atoms with E-state index in [1.807, 2.05) is 67.6 Å². The van der Waals surface area contributed by atoms with E-state index in [0.29, 0.717) is 12.1 Å². The largest absolute Gasteiger partial charge is 0.478 e. The third-order valence-electron chi connectivity index (χ3n) is 4.74. The van der Waals surface area contributed by atoms with Gasteiger partial charge in [-0.25, -0.2) is 17.9 Å². The number of benzene rings is 3. The molecule has 7 heteroatoms. The van der Waals surface area contributed by atoms with Gasteiger partial charge < -0.3 is 10.4 Å². The first-order chi connectivity index (χ1) is 14.4. The van der Waals surface area contributed by atoms with Gasteiger partial charge in [0, 0.05) is 12.6 Å². The van der Waals surface area contributed by atoms with Crippen molar-refractivity contribution in [1.82, 2.24) is 4.72 Å². The van der Waals surface area contributed by atoms with E-state index in [9.17, 15) is 18.3 Å². The number of hydrogen-bond donors (Lipinski definition) is 3. The number of carbonyl (C=O) groups is 1. The second-order valence-corrected chi connectivity index (χ2v) is 8.66. The predicted molar refractivity (Wildman–Crippen MR) is 117 cm³/mol. The second kappa shape index (κ2) is 9.56. The molecule has 1 atom stereocenters. The molecule has 3 aromatic carbocycles. The first kappa shape index (κ1) is 21.5. The van der Waals surface area contributed by atoms with Crippen LogP contribution in [0.2, 0.25) is 0 Å². The summed E-state index contributed by atoms with van der Waals surface area (Å²) in [5.74, 6) is -1.18. The molecule has 0 heterocycles. The molecular formula is C23H24N2O4S. The summed E-state index contributed by atoms with van der Waals surface area (Å²) >= 11 is 0. The van der Waals surface area contributed by atoms with Crippen LogP contribution < -0.4 is 10.0 Å². The lowest BCUT2D eigenvalue weighted by atomic mass is 10.1. The van der Waals surface area contributed by atoms with Crippen molar-refractivity contribution in [2.24, 2.45) is 0 Å². The van der Waals surface area contributed by atoms with Crippen molar-refractivity contribution in [2.45, 2.75) is 24.3 Å². The summed E-state index contributed by atoms with van der Waals surface area (Å²) in [6.07, 6.45) is 0.530. The van der Waals surface area contributed by atoms with Crippen LogP contribution in [-0.4, -0.2) is 26.0 Å². The van der Waals surface area contributed by atoms with Gasteiger partial charge >= 0.3 is 5.97 Å². The van der Waals surface area contributed by atoms with Gasteiger partial charge in [-0.15, -0.1) is 0 Å². The van der Waals surface area contributed by atoms with Gasteiger partial charge in [-0.3, -0.25) is 0 Å². The number of nitrogens with one attached hydrogen (secondary N) is 2. The molecule has 0 saturated heterocycles. The average Bonchev–Trinajstić information content (AvgIpc) is 2.75. The molecule has 6 nitrogen and oxygen atoms in total. The van der Waals surface area contributed by atoms with Crippen molar-refractivity contribution >= 4 is 21.7 Å². The SMILES string of the molecule is CC(Nc1ccc(C(=O)O)cc1S(=O)(=O)NCCc1ccccc1)c1ccccc1. The quantitative estimate of drug-likeness (QED) is 0.481. The molecule has 0 aliphatic rings. The number of rotatable bonds is 9. The third kappa shape index (κ3) is 5.46. The van der Waals surface area contributed by atoms with E-state index in [4.69, 9.17) is 0 Å². The average molecular weight is 425 g/mol. The van der Waals surface area contributed by atoms with E-state index in [0.717, 1.165) is 11.1 Å². The molecule has 3 rings (SSSR count). The zero-order chi connectivity index (χ0) is 21.6. The number of sulfonamides is 1. The van der Waals surface area contributed by atoms with E-state index in [2.05, 4.69) is 10.0 Å². The second-order valence-electron chi connectivity index (χ2n) is 6.93. The molecule has 3 N–H and O–H groups in total. The standard InChI is InChI=1S/C23H24N2O4S/c1-17(19-10-6-3-7-11-19)25-21-13-12-20(23(26)27)16-22(21)30(28,29)24-15-14-18-8-4-2-5-9-18/h2-13,16-17,24-25H,14-15H2,1H3,(H,26,27). The van der Waals surface area contributed by atoms with Crippen molar-refractivity contribution in [3.05, 3.63) is 95.6 Å². The Labute approximate surface area is 176 Å². The molecule has 0 amide bonds. The molecule has 1 unspecified atom stereocenters. The lowest BCUT2D eigenvalue weighted by Gasteiger charge is -2.19. The molecule has 30 heavy (non-hydrogen) atoms. The zero-order valence-electron chi connectivity index (χ0n) is 16.6. The van der Waals surface area contributed by atoms with Crippen LogP contribution in [0.15, 0.2) is 83.8 Å². The minimum Gasteiger partial charge on any atom is -0.478 e. The van der Waals surface area contributed by atoms with Crippen LogP contribution in [0.4, 0.5) is 5.69 Å². The molecule has 0 radical (unpaired) electrons. The lowest BCUT2D eigenvalue weighted by molar-refractivity contribution is 0.0696. The van der Waals surface area contributed by atoms with Gasteiger partial charge in [-0.05, 0) is 42.7 Å². The summed E-state index contributed by atoms with van der Waals surface area (Å²) < 4.78 is 28.6. The van der Waals surface area contributed by atoms with Gasteiger partial charge in [0.15, 0.2) is 0 Å². The third-order valence-corrected chi connectivity index (χ3v) is 6.24. The summed E-state index contributed by atoms with van der Waals surface area (Å²) in [7, 11) is -3.92. The number of anilines is 1. The van der Waals surface area contributed by atoms with E-state index < -0.39 is 16.0 Å². The highest BCUT2D eigenvalue weighted by molar-refractivity contribution is 7.89. The number of hydrogen-bond acceptors (Lipinski definition) is 4. The molecule has 3 aromatic rings. The normalized spacial score (nSPS) is 12.3. The van der Waals surface area contributed by atoms with Crippen LogP contribution in [0.5, 0.6) is 0 Å². The molecule has 0 aliphatic carbocycles. The molecule has 0 aromatic heterocycles. The Morgan fingerprint density at radius 1 is 0.967 bits per heavy atom. The maximum absolute atomic E-state index is 13.0. The maximum Gasteiger partial charge on any atom is 0.335 e. The van der Waals surface area contributed by atoms with Crippen LogP contribution in [0.1, 0.15) is 34.5 Å². The smallest absolute Gasteiger partial charge is 0.335 e. The minimum atomic E-state index is -3.92. The van der Waals surface area contributed by atoms with Crippen molar-refractivity contribution in [3.8, 4) is 0 Å². The minimum absolute atomic E-state index is 0.0850. The van der Waals surface area contributed by atoms with Crippen LogP contribution >= 0.6 is 0 Å². The first-order valence-electron chi connectivity index (χ1n) is 9.59. The van der Waals surface area contributed by atoms with Gasteiger partial charge in [0.2, 0.25) is 10.0 Å². The Morgan fingerprint density at radius 3 is 2.23 bits per heavy atom. The van der Waals surface area contributed by atoms with E-state index in [-0.39, 0.29) is 23.0 Å². The van der Waals surface area contributed by atoms with Crippen LogP contribution in [0.3, 0.4) is 0 Å². The topological polar surface area (TPSA) is 95.5 Å². The van der Waals surface area contributed by atoms with E-state index >= 15 is 0 Å². The lowest BCUT2D eigenvalue weighted by Crippen LogP contribution is -2.27. The fourth-order valence-corrected chi connectivity index (χ4v) is 4.33. The van der Waals surface area contributed by atoms with Gasteiger partial charge in [0.1, 0.15) is 4.90 Å². The van der Waals surface area contributed by atoms with Crippen molar-refractivity contribution in [1.29, 1.82) is 0 Å². The number of carboxylic acid groups (broad SMARTS) is 1. The molecular weight excluding hydrogens is 400 g/mol. The van der Waals surface area contributed by atoms with Gasteiger partial charge in [-0.1, -0.05) is 60.7 Å². The fraction of sp³-hybridized carbons (Fsp3) is 0.174.